The molecule has 0 unspecified atom stereocenters. The summed E-state index contributed by atoms with van der Waals surface area (Å²) in [4.78, 5) is 12.1. The summed E-state index contributed by atoms with van der Waals surface area (Å²) in [5.74, 6) is 0.848. The number of fused-ring (bicyclic) bond motifs is 1. The summed E-state index contributed by atoms with van der Waals surface area (Å²) in [6, 6.07) is 9.51. The molecule has 9 heteroatoms. The number of rotatable bonds is 6. The Morgan fingerprint density at radius 2 is 1.92 bits per heavy atom. The van der Waals surface area contributed by atoms with E-state index in [1.54, 1.807) is 31.2 Å². The van der Waals surface area contributed by atoms with Crippen molar-refractivity contribution in [3.05, 3.63) is 47.0 Å². The number of aryl methyl sites for hydroxylation is 1. The molecule has 0 spiro atoms. The summed E-state index contributed by atoms with van der Waals surface area (Å²) >= 11 is 5.96. The van der Waals surface area contributed by atoms with E-state index in [9.17, 15) is 13.2 Å². The third-order valence-electron chi connectivity index (χ3n) is 3.75. The van der Waals surface area contributed by atoms with Gasteiger partial charge in [-0.2, -0.15) is 0 Å². The zero-order valence-corrected chi connectivity index (χ0v) is 15.5. The summed E-state index contributed by atoms with van der Waals surface area (Å²) < 4.78 is 37.3. The van der Waals surface area contributed by atoms with Gasteiger partial charge in [0.15, 0.2) is 11.5 Å². The van der Waals surface area contributed by atoms with Gasteiger partial charge >= 0.3 is 0 Å². The van der Waals surface area contributed by atoms with Gasteiger partial charge in [0.05, 0.1) is 4.90 Å². The van der Waals surface area contributed by atoms with E-state index in [0.29, 0.717) is 22.2 Å². The highest BCUT2D eigenvalue weighted by atomic mass is 35.5. The molecule has 0 bridgehead atoms. The highest BCUT2D eigenvalue weighted by Crippen LogP contribution is 2.34. The minimum atomic E-state index is -3.73. The van der Waals surface area contributed by atoms with Gasteiger partial charge < -0.3 is 14.8 Å². The maximum Gasteiger partial charge on any atom is 0.240 e. The molecule has 0 saturated heterocycles. The number of nitrogens with one attached hydrogen (secondary N) is 2. The monoisotopic (exact) mass is 396 g/mol. The van der Waals surface area contributed by atoms with E-state index in [2.05, 4.69) is 10.0 Å². The smallest absolute Gasteiger partial charge is 0.240 e. The minimum absolute atomic E-state index is 0.0206. The largest absolute Gasteiger partial charge is 0.454 e. The zero-order chi connectivity index (χ0) is 18.7. The van der Waals surface area contributed by atoms with Crippen LogP contribution in [0.4, 0.5) is 5.69 Å². The molecule has 2 aromatic carbocycles. The molecule has 26 heavy (non-hydrogen) atoms. The number of hydrogen-bond acceptors (Lipinski definition) is 5. The minimum Gasteiger partial charge on any atom is -0.454 e. The highest BCUT2D eigenvalue weighted by molar-refractivity contribution is 7.89. The van der Waals surface area contributed by atoms with Crippen LogP contribution in [0.15, 0.2) is 41.3 Å². The van der Waals surface area contributed by atoms with Gasteiger partial charge in [-0.1, -0.05) is 17.7 Å². The predicted molar refractivity (Wildman–Crippen MR) is 97.2 cm³/mol. The van der Waals surface area contributed by atoms with Crippen molar-refractivity contribution in [3.63, 3.8) is 0 Å². The number of carbonyl (C=O) groups excluding carboxylic acids is 1. The molecular formula is C17H17ClN2O5S. The van der Waals surface area contributed by atoms with Crippen molar-refractivity contribution in [1.29, 1.82) is 0 Å². The Balaban J connectivity index is 1.53. The van der Waals surface area contributed by atoms with Crippen molar-refractivity contribution in [3.8, 4) is 11.5 Å². The van der Waals surface area contributed by atoms with Crippen LogP contribution in [-0.2, 0) is 14.8 Å². The van der Waals surface area contributed by atoms with Crippen LogP contribution in [0.3, 0.4) is 0 Å². The van der Waals surface area contributed by atoms with Crippen LogP contribution in [0.25, 0.3) is 0 Å². The van der Waals surface area contributed by atoms with E-state index in [4.69, 9.17) is 21.1 Å². The lowest BCUT2D eigenvalue weighted by atomic mass is 10.2. The Labute approximate surface area is 156 Å². The molecule has 0 aromatic heterocycles. The first-order valence-corrected chi connectivity index (χ1v) is 9.66. The molecule has 138 valence electrons. The molecule has 0 aliphatic carbocycles. The fourth-order valence-corrected chi connectivity index (χ4v) is 3.62. The molecule has 1 amide bonds. The second-order valence-corrected chi connectivity index (χ2v) is 7.85. The molecule has 0 fully saturated rings. The topological polar surface area (TPSA) is 93.7 Å². The van der Waals surface area contributed by atoms with Crippen LogP contribution in [0, 0.1) is 6.92 Å². The first-order chi connectivity index (χ1) is 12.3. The lowest BCUT2D eigenvalue weighted by Gasteiger charge is -2.09. The van der Waals surface area contributed by atoms with Crippen LogP contribution in [0.2, 0.25) is 5.02 Å². The highest BCUT2D eigenvalue weighted by Gasteiger charge is 2.16. The van der Waals surface area contributed by atoms with Crippen LogP contribution in [-0.4, -0.2) is 27.7 Å². The van der Waals surface area contributed by atoms with Gasteiger partial charge in [0, 0.05) is 29.7 Å². The maximum atomic E-state index is 12.2. The predicted octanol–water partition coefficient (Wildman–Crippen LogP) is 2.68. The molecule has 0 radical (unpaired) electrons. The van der Waals surface area contributed by atoms with Crippen molar-refractivity contribution in [1.82, 2.24) is 4.72 Å². The molecule has 3 rings (SSSR count). The maximum absolute atomic E-state index is 12.2. The van der Waals surface area contributed by atoms with E-state index in [1.165, 1.54) is 12.1 Å². The van der Waals surface area contributed by atoms with Crippen molar-refractivity contribution in [2.24, 2.45) is 0 Å². The fourth-order valence-electron chi connectivity index (χ4n) is 2.32. The average Bonchev–Trinajstić information content (AvgIpc) is 3.04. The van der Waals surface area contributed by atoms with Crippen LogP contribution >= 0.6 is 11.6 Å². The van der Waals surface area contributed by atoms with Crippen LogP contribution < -0.4 is 19.5 Å². The standard InChI is InChI=1S/C17H17ClN2O5S/c1-11-2-4-13(9-14(11)18)26(22,23)19-7-6-17(21)20-12-3-5-15-16(8-12)25-10-24-15/h2-5,8-9,19H,6-7,10H2,1H3,(H,20,21). The normalized spacial score (nSPS) is 12.8. The Morgan fingerprint density at radius 3 is 2.69 bits per heavy atom. The van der Waals surface area contributed by atoms with Gasteiger partial charge in [0.1, 0.15) is 0 Å². The van der Waals surface area contributed by atoms with Crippen molar-refractivity contribution >= 4 is 33.2 Å². The molecular weight excluding hydrogens is 380 g/mol. The lowest BCUT2D eigenvalue weighted by Crippen LogP contribution is -2.27. The van der Waals surface area contributed by atoms with E-state index < -0.39 is 10.0 Å². The van der Waals surface area contributed by atoms with Gasteiger partial charge in [0.25, 0.3) is 0 Å². The van der Waals surface area contributed by atoms with E-state index >= 15 is 0 Å². The molecule has 2 aromatic rings. The number of amides is 1. The van der Waals surface area contributed by atoms with Gasteiger partial charge in [-0.3, -0.25) is 4.79 Å². The molecule has 2 N–H and O–H groups in total. The molecule has 1 aliphatic rings. The van der Waals surface area contributed by atoms with Crippen LogP contribution in [0.5, 0.6) is 11.5 Å². The van der Waals surface area contributed by atoms with Gasteiger partial charge in [-0.25, -0.2) is 13.1 Å². The summed E-state index contributed by atoms with van der Waals surface area (Å²) in [6.07, 6.45) is -0.0206. The quantitative estimate of drug-likeness (QED) is 0.782. The first-order valence-electron chi connectivity index (χ1n) is 7.80. The van der Waals surface area contributed by atoms with Crippen molar-refractivity contribution in [2.45, 2.75) is 18.2 Å². The van der Waals surface area contributed by atoms with E-state index in [-0.39, 0.29) is 30.6 Å². The molecule has 0 saturated carbocycles. The van der Waals surface area contributed by atoms with E-state index in [0.717, 1.165) is 5.56 Å². The lowest BCUT2D eigenvalue weighted by molar-refractivity contribution is -0.116. The number of sulfonamides is 1. The molecule has 1 aliphatic heterocycles. The summed E-state index contributed by atoms with van der Waals surface area (Å²) in [5, 5.41) is 3.05. The van der Waals surface area contributed by atoms with Gasteiger partial charge in [0.2, 0.25) is 22.7 Å². The summed E-state index contributed by atoms with van der Waals surface area (Å²) in [5.41, 5.74) is 1.33. The second kappa shape index (κ2) is 7.53. The number of benzene rings is 2. The summed E-state index contributed by atoms with van der Waals surface area (Å²) in [6.45, 7) is 1.90. The van der Waals surface area contributed by atoms with Gasteiger partial charge in [-0.15, -0.1) is 0 Å². The van der Waals surface area contributed by atoms with E-state index in [1.807, 2.05) is 0 Å². The van der Waals surface area contributed by atoms with Crippen molar-refractivity contribution < 1.29 is 22.7 Å². The number of ether oxygens (including phenoxy) is 2. The Hall–Kier alpha value is -2.29. The third kappa shape index (κ3) is 4.27. The average molecular weight is 397 g/mol. The molecule has 1 heterocycles. The number of halogens is 1. The Kier molecular flexibility index (Phi) is 5.36. The Bertz CT molecular complexity index is 946. The number of hydrogen-bond donors (Lipinski definition) is 2. The summed E-state index contributed by atoms with van der Waals surface area (Å²) in [7, 11) is -3.73. The van der Waals surface area contributed by atoms with Crippen LogP contribution in [0.1, 0.15) is 12.0 Å². The SMILES string of the molecule is Cc1ccc(S(=O)(=O)NCCC(=O)Nc2ccc3c(c2)OCO3)cc1Cl. The second-order valence-electron chi connectivity index (χ2n) is 5.67. The van der Waals surface area contributed by atoms with Crippen molar-refractivity contribution in [2.75, 3.05) is 18.7 Å². The Morgan fingerprint density at radius 1 is 1.15 bits per heavy atom. The van der Waals surface area contributed by atoms with Gasteiger partial charge in [-0.05, 0) is 36.8 Å². The fraction of sp³-hybridized carbons (Fsp3) is 0.235. The number of carbonyl (C=O) groups is 1. The zero-order valence-electron chi connectivity index (χ0n) is 13.9. The number of anilines is 1. The molecule has 0 atom stereocenters. The first kappa shape index (κ1) is 18.5. The third-order valence-corrected chi connectivity index (χ3v) is 5.62. The molecule has 7 nitrogen and oxygen atoms in total.